The van der Waals surface area contributed by atoms with E-state index in [-0.39, 0.29) is 18.0 Å². The van der Waals surface area contributed by atoms with E-state index in [1.165, 1.54) is 0 Å². The summed E-state index contributed by atoms with van der Waals surface area (Å²) in [4.78, 5) is 25.0. The van der Waals surface area contributed by atoms with Gasteiger partial charge in [0.1, 0.15) is 6.04 Å². The highest BCUT2D eigenvalue weighted by Crippen LogP contribution is 2.33. The monoisotopic (exact) mass is 254 g/mol. The highest BCUT2D eigenvalue weighted by atomic mass is 16.4. The van der Waals surface area contributed by atoms with Crippen LogP contribution in [0.2, 0.25) is 0 Å². The molecule has 0 aromatic heterocycles. The van der Waals surface area contributed by atoms with Crippen LogP contribution in [-0.2, 0) is 4.79 Å². The number of aliphatic carboxylic acids is 1. The average Bonchev–Trinajstić information content (AvgIpc) is 3.08. The van der Waals surface area contributed by atoms with Crippen LogP contribution < -0.4 is 5.32 Å². The molecule has 2 rings (SSSR count). The molecule has 0 spiro atoms. The first-order valence-corrected chi connectivity index (χ1v) is 6.79. The molecule has 0 aromatic carbocycles. The number of urea groups is 1. The highest BCUT2D eigenvalue weighted by molar-refractivity contribution is 5.83. The van der Waals surface area contributed by atoms with Crippen LogP contribution in [0, 0.1) is 11.8 Å². The summed E-state index contributed by atoms with van der Waals surface area (Å²) in [7, 11) is 0. The van der Waals surface area contributed by atoms with Crippen molar-refractivity contribution in [3.05, 3.63) is 0 Å². The second-order valence-electron chi connectivity index (χ2n) is 5.77. The number of nitrogens with one attached hydrogen (secondary N) is 1. The zero-order valence-corrected chi connectivity index (χ0v) is 11.1. The Bertz CT molecular complexity index is 341. The van der Waals surface area contributed by atoms with Crippen LogP contribution in [-0.4, -0.2) is 40.6 Å². The van der Waals surface area contributed by atoms with E-state index >= 15 is 0 Å². The molecule has 2 fully saturated rings. The van der Waals surface area contributed by atoms with E-state index in [0.717, 1.165) is 32.2 Å². The number of piperidine rings is 1. The number of carboxylic acid groups (broad SMARTS) is 1. The largest absolute Gasteiger partial charge is 0.480 e. The van der Waals surface area contributed by atoms with Gasteiger partial charge in [-0.25, -0.2) is 9.59 Å². The van der Waals surface area contributed by atoms with Gasteiger partial charge >= 0.3 is 12.0 Å². The summed E-state index contributed by atoms with van der Waals surface area (Å²) in [5, 5.41) is 11.8. The molecular formula is C13H22N2O3. The number of rotatable bonds is 3. The Morgan fingerprint density at radius 3 is 2.44 bits per heavy atom. The number of amides is 2. The number of carboxylic acids is 1. The van der Waals surface area contributed by atoms with Gasteiger partial charge in [-0.05, 0) is 44.4 Å². The van der Waals surface area contributed by atoms with Crippen molar-refractivity contribution in [2.24, 2.45) is 11.8 Å². The number of carbonyl (C=O) groups is 2. The second-order valence-corrected chi connectivity index (χ2v) is 5.77. The smallest absolute Gasteiger partial charge is 0.326 e. The quantitative estimate of drug-likeness (QED) is 0.805. The maximum absolute atomic E-state index is 12.1. The Hall–Kier alpha value is -1.26. The van der Waals surface area contributed by atoms with Crippen molar-refractivity contribution in [3.8, 4) is 0 Å². The van der Waals surface area contributed by atoms with E-state index in [9.17, 15) is 9.59 Å². The molecular weight excluding hydrogens is 232 g/mol. The Kier molecular flexibility index (Phi) is 3.78. The highest BCUT2D eigenvalue weighted by Gasteiger charge is 2.38. The summed E-state index contributed by atoms with van der Waals surface area (Å²) in [5.41, 5.74) is 0. The van der Waals surface area contributed by atoms with Crippen molar-refractivity contribution in [2.75, 3.05) is 6.54 Å². The zero-order valence-electron chi connectivity index (χ0n) is 11.1. The Morgan fingerprint density at radius 1 is 1.28 bits per heavy atom. The SMILES string of the molecule is CC1CCN(C(=O)NC(C(=O)O)C2CC2)C(C)C1. The molecule has 5 nitrogen and oxygen atoms in total. The lowest BCUT2D eigenvalue weighted by Crippen LogP contribution is -2.53. The Morgan fingerprint density at radius 2 is 1.94 bits per heavy atom. The fourth-order valence-corrected chi connectivity index (χ4v) is 2.74. The molecule has 5 heteroatoms. The Labute approximate surface area is 108 Å². The van der Waals surface area contributed by atoms with E-state index < -0.39 is 12.0 Å². The van der Waals surface area contributed by atoms with Gasteiger partial charge in [-0.3, -0.25) is 0 Å². The normalized spacial score (nSPS) is 29.8. The molecule has 1 aliphatic heterocycles. The molecule has 0 bridgehead atoms. The zero-order chi connectivity index (χ0) is 13.3. The van der Waals surface area contributed by atoms with Crippen LogP contribution in [0.1, 0.15) is 39.5 Å². The summed E-state index contributed by atoms with van der Waals surface area (Å²) < 4.78 is 0. The molecule has 0 radical (unpaired) electrons. The molecule has 0 aromatic rings. The van der Waals surface area contributed by atoms with Crippen LogP contribution in [0.5, 0.6) is 0 Å². The fraction of sp³-hybridized carbons (Fsp3) is 0.846. The van der Waals surface area contributed by atoms with Crippen LogP contribution in [0.3, 0.4) is 0 Å². The predicted octanol–water partition coefficient (Wildman–Crippen LogP) is 1.68. The third-order valence-corrected chi connectivity index (χ3v) is 4.04. The number of carbonyl (C=O) groups excluding carboxylic acids is 1. The molecule has 2 aliphatic rings. The molecule has 2 amide bonds. The minimum Gasteiger partial charge on any atom is -0.480 e. The fourth-order valence-electron chi connectivity index (χ4n) is 2.74. The summed E-state index contributed by atoms with van der Waals surface area (Å²) in [5.74, 6) is -0.142. The summed E-state index contributed by atoms with van der Waals surface area (Å²) in [6.45, 7) is 4.95. The lowest BCUT2D eigenvalue weighted by atomic mass is 9.94. The summed E-state index contributed by atoms with van der Waals surface area (Å²) in [6, 6.07) is -0.722. The first-order valence-electron chi connectivity index (χ1n) is 6.79. The maximum Gasteiger partial charge on any atom is 0.326 e. The minimum atomic E-state index is -0.913. The molecule has 1 saturated heterocycles. The molecule has 3 unspecified atom stereocenters. The van der Waals surface area contributed by atoms with E-state index in [2.05, 4.69) is 12.2 Å². The van der Waals surface area contributed by atoms with Crippen molar-refractivity contribution in [1.29, 1.82) is 0 Å². The van der Waals surface area contributed by atoms with E-state index in [4.69, 9.17) is 5.11 Å². The number of likely N-dealkylation sites (tertiary alicyclic amines) is 1. The molecule has 2 N–H and O–H groups in total. The molecule has 102 valence electrons. The van der Waals surface area contributed by atoms with E-state index in [1.54, 1.807) is 4.90 Å². The number of hydrogen-bond donors (Lipinski definition) is 2. The topological polar surface area (TPSA) is 69.6 Å². The van der Waals surface area contributed by atoms with Crippen molar-refractivity contribution in [3.63, 3.8) is 0 Å². The van der Waals surface area contributed by atoms with E-state index in [1.807, 2.05) is 6.92 Å². The van der Waals surface area contributed by atoms with Crippen LogP contribution in [0.25, 0.3) is 0 Å². The maximum atomic E-state index is 12.1. The summed E-state index contributed by atoms with van der Waals surface area (Å²) >= 11 is 0. The molecule has 1 saturated carbocycles. The van der Waals surface area contributed by atoms with Gasteiger partial charge in [0.25, 0.3) is 0 Å². The first kappa shape index (κ1) is 13.2. The molecule has 3 atom stereocenters. The standard InChI is InChI=1S/C13H22N2O3/c1-8-5-6-15(9(2)7-8)13(18)14-11(12(16)17)10-3-4-10/h8-11H,3-7H2,1-2H3,(H,14,18)(H,16,17). The van der Waals surface area contributed by atoms with Crippen LogP contribution >= 0.6 is 0 Å². The first-order chi connectivity index (χ1) is 8.49. The van der Waals surface area contributed by atoms with Crippen molar-refractivity contribution < 1.29 is 14.7 Å². The van der Waals surface area contributed by atoms with Crippen molar-refractivity contribution in [2.45, 2.75) is 51.6 Å². The van der Waals surface area contributed by atoms with Gasteiger partial charge in [-0.1, -0.05) is 6.92 Å². The van der Waals surface area contributed by atoms with Gasteiger partial charge in [0.15, 0.2) is 0 Å². The van der Waals surface area contributed by atoms with E-state index in [0.29, 0.717) is 5.92 Å². The van der Waals surface area contributed by atoms with Gasteiger partial charge in [0.2, 0.25) is 0 Å². The van der Waals surface area contributed by atoms with Crippen LogP contribution in [0.15, 0.2) is 0 Å². The van der Waals surface area contributed by atoms with Gasteiger partial charge in [0.05, 0.1) is 0 Å². The van der Waals surface area contributed by atoms with Crippen molar-refractivity contribution in [1.82, 2.24) is 10.2 Å². The summed E-state index contributed by atoms with van der Waals surface area (Å²) in [6.07, 6.45) is 3.81. The van der Waals surface area contributed by atoms with Gasteiger partial charge < -0.3 is 15.3 Å². The lowest BCUT2D eigenvalue weighted by Gasteiger charge is -2.37. The third-order valence-electron chi connectivity index (χ3n) is 4.04. The lowest BCUT2D eigenvalue weighted by molar-refractivity contribution is -0.139. The molecule has 1 aliphatic carbocycles. The van der Waals surface area contributed by atoms with Gasteiger partial charge in [0, 0.05) is 12.6 Å². The second kappa shape index (κ2) is 5.16. The van der Waals surface area contributed by atoms with Crippen LogP contribution in [0.4, 0.5) is 4.79 Å². The molecule has 18 heavy (non-hydrogen) atoms. The van der Waals surface area contributed by atoms with Gasteiger partial charge in [-0.15, -0.1) is 0 Å². The Balaban J connectivity index is 1.92. The molecule has 1 heterocycles. The van der Waals surface area contributed by atoms with Crippen molar-refractivity contribution >= 4 is 12.0 Å². The predicted molar refractivity (Wildman–Crippen MR) is 67.2 cm³/mol. The minimum absolute atomic E-state index is 0.130. The average molecular weight is 254 g/mol. The number of nitrogens with zero attached hydrogens (tertiary/aromatic N) is 1. The third kappa shape index (κ3) is 2.94. The number of hydrogen-bond acceptors (Lipinski definition) is 2. The van der Waals surface area contributed by atoms with Gasteiger partial charge in [-0.2, -0.15) is 0 Å².